The van der Waals surface area contributed by atoms with Gasteiger partial charge in [0.05, 0.1) is 4.87 Å². The van der Waals surface area contributed by atoms with E-state index in [1.165, 1.54) is 0 Å². The van der Waals surface area contributed by atoms with Crippen LogP contribution >= 0.6 is 11.8 Å². The van der Waals surface area contributed by atoms with Crippen molar-refractivity contribution in [1.82, 2.24) is 9.80 Å². The van der Waals surface area contributed by atoms with Gasteiger partial charge in [-0.1, -0.05) is 32.0 Å². The van der Waals surface area contributed by atoms with Gasteiger partial charge in [0, 0.05) is 31.8 Å². The molecular formula is C20H28N2O3S. The minimum atomic E-state index is -0.108. The molecule has 1 aromatic carbocycles. The average Bonchev–Trinajstić information content (AvgIpc) is 3.04. The summed E-state index contributed by atoms with van der Waals surface area (Å²) >= 11 is 1.89. The van der Waals surface area contributed by atoms with Gasteiger partial charge in [-0.2, -0.15) is 0 Å². The second kappa shape index (κ2) is 8.33. The van der Waals surface area contributed by atoms with E-state index in [0.29, 0.717) is 31.2 Å². The van der Waals surface area contributed by atoms with Gasteiger partial charge in [-0.15, -0.1) is 11.8 Å². The molecule has 0 N–H and O–H groups in total. The number of carbonyl (C=O) groups excluding carboxylic acids is 2. The van der Waals surface area contributed by atoms with E-state index in [9.17, 15) is 9.59 Å². The second-order valence-corrected chi connectivity index (χ2v) is 8.88. The highest BCUT2D eigenvalue weighted by Gasteiger charge is 2.46. The predicted octanol–water partition coefficient (Wildman–Crippen LogP) is 3.01. The Morgan fingerprint density at radius 3 is 2.46 bits per heavy atom. The van der Waals surface area contributed by atoms with Gasteiger partial charge < -0.3 is 14.5 Å². The number of carbonyl (C=O) groups is 2. The molecule has 2 aliphatic heterocycles. The van der Waals surface area contributed by atoms with Crippen LogP contribution in [0.1, 0.15) is 33.1 Å². The minimum Gasteiger partial charge on any atom is -0.484 e. The fourth-order valence-corrected chi connectivity index (χ4v) is 5.17. The first-order valence-electron chi connectivity index (χ1n) is 9.40. The molecule has 26 heavy (non-hydrogen) atoms. The number of piperidine rings is 1. The van der Waals surface area contributed by atoms with Crippen molar-refractivity contribution in [1.29, 1.82) is 0 Å². The van der Waals surface area contributed by atoms with Crippen molar-refractivity contribution in [2.24, 2.45) is 5.92 Å². The number of amides is 2. The van der Waals surface area contributed by atoms with Crippen molar-refractivity contribution in [2.75, 3.05) is 32.0 Å². The number of hydrogen-bond donors (Lipinski definition) is 0. The van der Waals surface area contributed by atoms with Crippen LogP contribution in [0.15, 0.2) is 30.3 Å². The maximum absolute atomic E-state index is 12.6. The van der Waals surface area contributed by atoms with E-state index in [1.807, 2.05) is 47.0 Å². The molecule has 2 amide bonds. The van der Waals surface area contributed by atoms with Crippen molar-refractivity contribution in [3.8, 4) is 5.75 Å². The standard InChI is InChI=1S/C20H28N2O3S/c1-16(2)14-18(23)22-12-13-26-20(22)8-10-21(11-9-20)19(24)15-25-17-6-4-3-5-7-17/h3-7,16H,8-15H2,1-2H3. The highest BCUT2D eigenvalue weighted by Crippen LogP contribution is 2.44. The maximum atomic E-state index is 12.6. The van der Waals surface area contributed by atoms with Crippen LogP contribution in [-0.2, 0) is 9.59 Å². The number of para-hydroxylation sites is 1. The number of rotatable bonds is 5. The van der Waals surface area contributed by atoms with Crippen LogP contribution in [0.5, 0.6) is 5.75 Å². The molecule has 0 saturated carbocycles. The molecule has 0 bridgehead atoms. The molecule has 0 atom stereocenters. The first-order chi connectivity index (χ1) is 12.5. The summed E-state index contributed by atoms with van der Waals surface area (Å²) < 4.78 is 5.58. The molecule has 0 aromatic heterocycles. The molecular weight excluding hydrogens is 348 g/mol. The molecule has 0 radical (unpaired) electrons. The van der Waals surface area contributed by atoms with Crippen molar-refractivity contribution in [3.05, 3.63) is 30.3 Å². The van der Waals surface area contributed by atoms with E-state index in [1.54, 1.807) is 0 Å². The van der Waals surface area contributed by atoms with Gasteiger partial charge in [0.15, 0.2) is 6.61 Å². The van der Waals surface area contributed by atoms with Crippen LogP contribution in [0.3, 0.4) is 0 Å². The third kappa shape index (κ3) is 4.34. The lowest BCUT2D eigenvalue weighted by Crippen LogP contribution is -2.54. The number of nitrogens with zero attached hydrogens (tertiary/aromatic N) is 2. The number of likely N-dealkylation sites (tertiary alicyclic amines) is 1. The fourth-order valence-electron chi connectivity index (χ4n) is 3.69. The summed E-state index contributed by atoms with van der Waals surface area (Å²) in [7, 11) is 0. The Balaban J connectivity index is 1.53. The average molecular weight is 377 g/mol. The molecule has 0 aliphatic carbocycles. The van der Waals surface area contributed by atoms with Crippen molar-refractivity contribution in [2.45, 2.75) is 38.0 Å². The van der Waals surface area contributed by atoms with Gasteiger partial charge in [-0.25, -0.2) is 0 Å². The van der Waals surface area contributed by atoms with E-state index < -0.39 is 0 Å². The summed E-state index contributed by atoms with van der Waals surface area (Å²) in [6.07, 6.45) is 2.30. The zero-order valence-corrected chi connectivity index (χ0v) is 16.5. The molecule has 142 valence electrons. The Morgan fingerprint density at radius 1 is 1.12 bits per heavy atom. The summed E-state index contributed by atoms with van der Waals surface area (Å²) in [6.45, 7) is 6.45. The second-order valence-electron chi connectivity index (χ2n) is 7.42. The van der Waals surface area contributed by atoms with Gasteiger partial charge in [-0.05, 0) is 30.9 Å². The Bertz CT molecular complexity index is 627. The summed E-state index contributed by atoms with van der Waals surface area (Å²) in [4.78, 5) is 28.9. The van der Waals surface area contributed by atoms with E-state index in [2.05, 4.69) is 18.7 Å². The Labute approximate surface area is 160 Å². The Morgan fingerprint density at radius 2 is 1.81 bits per heavy atom. The molecule has 0 unspecified atom stereocenters. The molecule has 5 nitrogen and oxygen atoms in total. The van der Waals surface area contributed by atoms with E-state index in [-0.39, 0.29) is 23.3 Å². The van der Waals surface area contributed by atoms with E-state index >= 15 is 0 Å². The quantitative estimate of drug-likeness (QED) is 0.793. The third-order valence-electron chi connectivity index (χ3n) is 5.06. The van der Waals surface area contributed by atoms with Gasteiger partial charge in [0.2, 0.25) is 5.91 Å². The zero-order chi connectivity index (χ0) is 18.6. The van der Waals surface area contributed by atoms with Crippen molar-refractivity contribution < 1.29 is 14.3 Å². The van der Waals surface area contributed by atoms with Crippen LogP contribution in [0.2, 0.25) is 0 Å². The van der Waals surface area contributed by atoms with Gasteiger partial charge >= 0.3 is 0 Å². The topological polar surface area (TPSA) is 49.9 Å². The lowest BCUT2D eigenvalue weighted by molar-refractivity contribution is -0.138. The largest absolute Gasteiger partial charge is 0.484 e. The monoisotopic (exact) mass is 376 g/mol. The highest BCUT2D eigenvalue weighted by atomic mass is 32.2. The Hall–Kier alpha value is -1.69. The van der Waals surface area contributed by atoms with Crippen LogP contribution < -0.4 is 4.74 Å². The van der Waals surface area contributed by atoms with Crippen LogP contribution in [0.4, 0.5) is 0 Å². The predicted molar refractivity (Wildman–Crippen MR) is 104 cm³/mol. The normalized spacial score (nSPS) is 19.2. The summed E-state index contributed by atoms with van der Waals surface area (Å²) in [5.74, 6) is 2.37. The molecule has 2 aliphatic rings. The molecule has 1 aromatic rings. The lowest BCUT2D eigenvalue weighted by atomic mass is 10.0. The first-order valence-corrected chi connectivity index (χ1v) is 10.4. The molecule has 3 rings (SSSR count). The number of thioether (sulfide) groups is 1. The van der Waals surface area contributed by atoms with Crippen LogP contribution in [0.25, 0.3) is 0 Å². The van der Waals surface area contributed by atoms with Crippen LogP contribution in [0, 0.1) is 5.92 Å². The zero-order valence-electron chi connectivity index (χ0n) is 15.6. The first kappa shape index (κ1) is 19.1. The number of hydrogen-bond acceptors (Lipinski definition) is 4. The highest BCUT2D eigenvalue weighted by molar-refractivity contribution is 8.00. The number of benzene rings is 1. The number of ether oxygens (including phenoxy) is 1. The van der Waals surface area contributed by atoms with Gasteiger partial charge in [0.25, 0.3) is 5.91 Å². The molecule has 2 fully saturated rings. The third-order valence-corrected chi connectivity index (χ3v) is 6.62. The minimum absolute atomic E-state index is 0.0201. The van der Waals surface area contributed by atoms with E-state index in [0.717, 1.165) is 25.1 Å². The van der Waals surface area contributed by atoms with Crippen molar-refractivity contribution >= 4 is 23.6 Å². The maximum Gasteiger partial charge on any atom is 0.260 e. The molecule has 1 spiro atoms. The smallest absolute Gasteiger partial charge is 0.260 e. The SMILES string of the molecule is CC(C)CC(=O)N1CCSC12CCN(C(=O)COc1ccccc1)CC2. The fraction of sp³-hybridized carbons (Fsp3) is 0.600. The van der Waals surface area contributed by atoms with Crippen LogP contribution in [-0.4, -0.2) is 58.5 Å². The molecule has 6 heteroatoms. The Kier molecular flexibility index (Phi) is 6.12. The summed E-state index contributed by atoms with van der Waals surface area (Å²) in [5.41, 5.74) is 0. The van der Waals surface area contributed by atoms with Gasteiger partial charge in [-0.3, -0.25) is 9.59 Å². The van der Waals surface area contributed by atoms with Crippen molar-refractivity contribution in [3.63, 3.8) is 0 Å². The van der Waals surface area contributed by atoms with Gasteiger partial charge in [0.1, 0.15) is 5.75 Å². The van der Waals surface area contributed by atoms with E-state index in [4.69, 9.17) is 4.74 Å². The molecule has 2 heterocycles. The molecule has 2 saturated heterocycles. The summed E-state index contributed by atoms with van der Waals surface area (Å²) in [6, 6.07) is 9.41. The lowest BCUT2D eigenvalue weighted by Gasteiger charge is -2.44. The summed E-state index contributed by atoms with van der Waals surface area (Å²) in [5, 5.41) is 0.